The number of aromatic amines is 1. The third-order valence-electron chi connectivity index (χ3n) is 3.30. The van der Waals surface area contributed by atoms with Gasteiger partial charge in [0.25, 0.3) is 0 Å². The zero-order chi connectivity index (χ0) is 14.0. The second-order valence-electron chi connectivity index (χ2n) is 4.82. The van der Waals surface area contributed by atoms with Gasteiger partial charge >= 0.3 is 0 Å². The van der Waals surface area contributed by atoms with Crippen LogP contribution in [0.15, 0.2) is 16.5 Å². The summed E-state index contributed by atoms with van der Waals surface area (Å²) in [5, 5.41) is 9.78. The summed E-state index contributed by atoms with van der Waals surface area (Å²) in [5.41, 5.74) is 2.38. The van der Waals surface area contributed by atoms with Crippen molar-refractivity contribution >= 4 is 10.0 Å². The number of hydrogen-bond acceptors (Lipinski definition) is 4. The lowest BCUT2D eigenvalue weighted by Gasteiger charge is -2.25. The SMILES string of the molecule is CNCc1n[nH]c(C)c1S(=O)(=O)N1CC=C(C)CC1. The van der Waals surface area contributed by atoms with E-state index in [9.17, 15) is 8.42 Å². The largest absolute Gasteiger partial charge is 0.314 e. The van der Waals surface area contributed by atoms with Gasteiger partial charge in [-0.15, -0.1) is 0 Å². The van der Waals surface area contributed by atoms with E-state index >= 15 is 0 Å². The molecule has 0 unspecified atom stereocenters. The predicted octanol–water partition coefficient (Wildman–Crippen LogP) is 0.778. The van der Waals surface area contributed by atoms with Crippen molar-refractivity contribution in [2.24, 2.45) is 0 Å². The van der Waals surface area contributed by atoms with E-state index in [-0.39, 0.29) is 0 Å². The molecule has 0 saturated carbocycles. The second kappa shape index (κ2) is 5.44. The topological polar surface area (TPSA) is 78.1 Å². The standard InChI is InChI=1S/C12H20N4O2S/c1-9-4-6-16(7-5-9)19(17,18)12-10(2)14-15-11(12)8-13-3/h4,13H,5-8H2,1-3H3,(H,14,15). The fourth-order valence-electron chi connectivity index (χ4n) is 2.20. The lowest BCUT2D eigenvalue weighted by Crippen LogP contribution is -2.35. The van der Waals surface area contributed by atoms with Crippen molar-refractivity contribution in [2.45, 2.75) is 31.7 Å². The molecule has 0 atom stereocenters. The number of aryl methyl sites for hydroxylation is 1. The van der Waals surface area contributed by atoms with Gasteiger partial charge in [0.05, 0.1) is 11.4 Å². The van der Waals surface area contributed by atoms with Gasteiger partial charge in [-0.2, -0.15) is 9.40 Å². The summed E-state index contributed by atoms with van der Waals surface area (Å²) in [6, 6.07) is 0. The zero-order valence-electron chi connectivity index (χ0n) is 11.5. The van der Waals surface area contributed by atoms with Crippen molar-refractivity contribution in [1.29, 1.82) is 0 Å². The highest BCUT2D eigenvalue weighted by molar-refractivity contribution is 7.89. The van der Waals surface area contributed by atoms with Crippen LogP contribution in [0.25, 0.3) is 0 Å². The molecule has 2 N–H and O–H groups in total. The van der Waals surface area contributed by atoms with Crippen LogP contribution in [0.5, 0.6) is 0 Å². The molecule has 0 bridgehead atoms. The zero-order valence-corrected chi connectivity index (χ0v) is 12.3. The summed E-state index contributed by atoms with van der Waals surface area (Å²) >= 11 is 0. The highest BCUT2D eigenvalue weighted by atomic mass is 32.2. The number of hydrogen-bond donors (Lipinski definition) is 2. The van der Waals surface area contributed by atoms with E-state index in [0.717, 1.165) is 6.42 Å². The second-order valence-corrected chi connectivity index (χ2v) is 6.69. The van der Waals surface area contributed by atoms with Crippen LogP contribution in [0, 0.1) is 6.92 Å². The first-order chi connectivity index (χ1) is 8.96. The van der Waals surface area contributed by atoms with E-state index in [4.69, 9.17) is 0 Å². The maximum atomic E-state index is 12.7. The van der Waals surface area contributed by atoms with Crippen molar-refractivity contribution < 1.29 is 8.42 Å². The van der Waals surface area contributed by atoms with E-state index in [2.05, 4.69) is 15.5 Å². The van der Waals surface area contributed by atoms with E-state index in [1.165, 1.54) is 9.88 Å². The molecule has 0 spiro atoms. The van der Waals surface area contributed by atoms with Crippen molar-refractivity contribution in [1.82, 2.24) is 19.8 Å². The summed E-state index contributed by atoms with van der Waals surface area (Å²) in [6.45, 7) is 5.18. The number of aromatic nitrogens is 2. The minimum absolute atomic E-state index is 0.315. The third kappa shape index (κ3) is 2.72. The minimum atomic E-state index is -3.47. The van der Waals surface area contributed by atoms with Crippen LogP contribution >= 0.6 is 0 Å². The first-order valence-corrected chi connectivity index (χ1v) is 7.75. The van der Waals surface area contributed by atoms with Crippen LogP contribution in [0.1, 0.15) is 24.7 Å². The Morgan fingerprint density at radius 3 is 2.79 bits per heavy atom. The van der Waals surface area contributed by atoms with Gasteiger partial charge in [-0.05, 0) is 27.3 Å². The molecular weight excluding hydrogens is 264 g/mol. The Morgan fingerprint density at radius 1 is 1.47 bits per heavy atom. The van der Waals surface area contributed by atoms with E-state index in [1.807, 2.05) is 13.0 Å². The molecule has 0 radical (unpaired) electrons. The Morgan fingerprint density at radius 2 is 2.21 bits per heavy atom. The van der Waals surface area contributed by atoms with Crippen LogP contribution in [-0.4, -0.2) is 43.1 Å². The first-order valence-electron chi connectivity index (χ1n) is 6.31. The molecule has 1 aliphatic rings. The maximum absolute atomic E-state index is 12.7. The average molecular weight is 284 g/mol. The van der Waals surface area contributed by atoms with Crippen molar-refractivity contribution in [3.63, 3.8) is 0 Å². The molecule has 0 aliphatic carbocycles. The Kier molecular flexibility index (Phi) is 4.07. The van der Waals surface area contributed by atoms with Gasteiger partial charge < -0.3 is 5.32 Å². The number of nitrogens with zero attached hydrogens (tertiary/aromatic N) is 2. The van der Waals surface area contributed by atoms with Crippen molar-refractivity contribution in [3.8, 4) is 0 Å². The molecule has 2 heterocycles. The van der Waals surface area contributed by atoms with Crippen LogP contribution in [0.3, 0.4) is 0 Å². The fourth-order valence-corrected chi connectivity index (χ4v) is 3.91. The van der Waals surface area contributed by atoms with E-state index in [1.54, 1.807) is 14.0 Å². The Bertz CT molecular complexity index is 589. The first kappa shape index (κ1) is 14.2. The molecule has 1 aromatic rings. The summed E-state index contributed by atoms with van der Waals surface area (Å²) < 4.78 is 26.9. The molecular formula is C12H20N4O2S. The summed E-state index contributed by atoms with van der Waals surface area (Å²) in [5.74, 6) is 0. The third-order valence-corrected chi connectivity index (χ3v) is 5.37. The highest BCUT2D eigenvalue weighted by Gasteiger charge is 2.30. The number of nitrogens with one attached hydrogen (secondary N) is 2. The molecule has 0 saturated heterocycles. The van der Waals surface area contributed by atoms with Gasteiger partial charge in [0.1, 0.15) is 4.90 Å². The quantitative estimate of drug-likeness (QED) is 0.801. The van der Waals surface area contributed by atoms with Gasteiger partial charge in [-0.3, -0.25) is 5.10 Å². The number of H-pyrrole nitrogens is 1. The van der Waals surface area contributed by atoms with E-state index in [0.29, 0.717) is 35.9 Å². The number of sulfonamides is 1. The molecule has 7 heteroatoms. The molecule has 0 amide bonds. The predicted molar refractivity (Wildman–Crippen MR) is 73.2 cm³/mol. The molecule has 0 aromatic carbocycles. The lowest BCUT2D eigenvalue weighted by atomic mass is 10.1. The molecule has 6 nitrogen and oxygen atoms in total. The van der Waals surface area contributed by atoms with Crippen LogP contribution in [-0.2, 0) is 16.6 Å². The molecule has 1 aliphatic heterocycles. The molecule has 0 fully saturated rings. The van der Waals surface area contributed by atoms with Crippen molar-refractivity contribution in [2.75, 3.05) is 20.1 Å². The Balaban J connectivity index is 2.37. The van der Waals surface area contributed by atoms with Crippen LogP contribution < -0.4 is 5.32 Å². The van der Waals surface area contributed by atoms with Crippen LogP contribution in [0.4, 0.5) is 0 Å². The monoisotopic (exact) mass is 284 g/mol. The molecule has 1 aromatic heterocycles. The lowest BCUT2D eigenvalue weighted by molar-refractivity contribution is 0.430. The fraction of sp³-hybridized carbons (Fsp3) is 0.583. The van der Waals surface area contributed by atoms with Crippen molar-refractivity contribution in [3.05, 3.63) is 23.0 Å². The Hall–Kier alpha value is -1.18. The summed E-state index contributed by atoms with van der Waals surface area (Å²) in [6.07, 6.45) is 2.76. The Labute approximate surface area is 113 Å². The van der Waals surface area contributed by atoms with Gasteiger partial charge in [0, 0.05) is 19.6 Å². The highest BCUT2D eigenvalue weighted by Crippen LogP contribution is 2.24. The van der Waals surface area contributed by atoms with E-state index < -0.39 is 10.0 Å². The molecule has 19 heavy (non-hydrogen) atoms. The van der Waals surface area contributed by atoms with Gasteiger partial charge in [0.2, 0.25) is 10.0 Å². The minimum Gasteiger partial charge on any atom is -0.314 e. The van der Waals surface area contributed by atoms with Gasteiger partial charge in [0.15, 0.2) is 0 Å². The molecule has 106 valence electrons. The van der Waals surface area contributed by atoms with Crippen LogP contribution in [0.2, 0.25) is 0 Å². The summed E-state index contributed by atoms with van der Waals surface area (Å²) in [7, 11) is -1.70. The maximum Gasteiger partial charge on any atom is 0.247 e. The number of rotatable bonds is 4. The van der Waals surface area contributed by atoms with Gasteiger partial charge in [-0.25, -0.2) is 8.42 Å². The average Bonchev–Trinajstić information content (AvgIpc) is 2.72. The molecule has 2 rings (SSSR count). The summed E-state index contributed by atoms with van der Waals surface area (Å²) in [4.78, 5) is 0.315. The smallest absolute Gasteiger partial charge is 0.247 e. The normalized spacial score (nSPS) is 17.5. The van der Waals surface area contributed by atoms with Gasteiger partial charge in [-0.1, -0.05) is 11.6 Å².